The van der Waals surface area contributed by atoms with Gasteiger partial charge in [-0.25, -0.2) is 20.0 Å². The molecule has 5 rings (SSSR count). The van der Waals surface area contributed by atoms with Gasteiger partial charge in [-0.3, -0.25) is 0 Å². The number of hydrogen-bond acceptors (Lipinski definition) is 8. The van der Waals surface area contributed by atoms with Crippen molar-refractivity contribution in [1.82, 2.24) is 0 Å². The number of nitriles is 2. The van der Waals surface area contributed by atoms with Crippen molar-refractivity contribution < 1.29 is 9.84 Å². The number of aliphatic imine (C=N–C) groups is 4. The highest BCUT2D eigenvalue weighted by Crippen LogP contribution is 2.45. The Bertz CT molecular complexity index is 2180. The highest BCUT2D eigenvalue weighted by molar-refractivity contribution is 14.1. The van der Waals surface area contributed by atoms with Gasteiger partial charge in [-0.15, -0.1) is 0 Å². The SMILES string of the molecule is CC1=C(C)/C(=C/C2=NC(=C/C=C3N=C(/C=C4\N=C(Oc5c(Cl)c(Cl)c(O)c(C#N)c5C#N)C(C)=C4C)C(C)=C/3C)/C(C)=C2C)N=C1I. The zero-order valence-corrected chi connectivity index (χ0v) is 30.7. The van der Waals surface area contributed by atoms with Gasteiger partial charge in [0.15, 0.2) is 11.5 Å². The first-order chi connectivity index (χ1) is 22.2. The van der Waals surface area contributed by atoms with Crippen LogP contribution < -0.4 is 4.74 Å². The van der Waals surface area contributed by atoms with Crippen LogP contribution >= 0.6 is 45.8 Å². The van der Waals surface area contributed by atoms with E-state index < -0.39 is 5.75 Å². The van der Waals surface area contributed by atoms with E-state index in [1.165, 1.54) is 11.1 Å². The molecule has 4 heterocycles. The number of hydrogen-bond donors (Lipinski definition) is 1. The number of ether oxygens (including phenoxy) is 1. The molecule has 0 atom stereocenters. The molecular weight excluding hydrogens is 746 g/mol. The number of phenols is 1. The van der Waals surface area contributed by atoms with E-state index in [1.54, 1.807) is 6.07 Å². The van der Waals surface area contributed by atoms with Gasteiger partial charge in [0.25, 0.3) is 0 Å². The first kappa shape index (κ1) is 34.1. The summed E-state index contributed by atoms with van der Waals surface area (Å²) < 4.78 is 6.99. The summed E-state index contributed by atoms with van der Waals surface area (Å²) in [5.41, 5.74) is 12.5. The van der Waals surface area contributed by atoms with Crippen LogP contribution in [0.2, 0.25) is 10.0 Å². The summed E-state index contributed by atoms with van der Waals surface area (Å²) in [4.78, 5) is 19.2. The van der Waals surface area contributed by atoms with E-state index >= 15 is 0 Å². The van der Waals surface area contributed by atoms with Gasteiger partial charge < -0.3 is 9.84 Å². The topological polar surface area (TPSA) is 126 Å². The van der Waals surface area contributed by atoms with Crippen molar-refractivity contribution in [3.63, 3.8) is 0 Å². The number of benzene rings is 1. The lowest BCUT2D eigenvalue weighted by molar-refractivity contribution is 0.471. The molecule has 1 aromatic rings. The minimum Gasteiger partial charge on any atom is -0.505 e. The van der Waals surface area contributed by atoms with Crippen LogP contribution in [-0.2, 0) is 0 Å². The number of phenolic OH excluding ortho intramolecular Hbond substituents is 1. The largest absolute Gasteiger partial charge is 0.505 e. The van der Waals surface area contributed by atoms with Crippen LogP contribution in [0.25, 0.3) is 0 Å². The van der Waals surface area contributed by atoms with Gasteiger partial charge in [-0.05, 0) is 141 Å². The second kappa shape index (κ2) is 13.1. The van der Waals surface area contributed by atoms with Crippen LogP contribution in [-0.4, -0.2) is 26.1 Å². The highest BCUT2D eigenvalue weighted by Gasteiger charge is 2.28. The van der Waals surface area contributed by atoms with E-state index in [0.717, 1.165) is 60.1 Å². The molecule has 0 fully saturated rings. The van der Waals surface area contributed by atoms with Crippen molar-refractivity contribution in [2.45, 2.75) is 55.4 Å². The molecule has 1 aromatic carbocycles. The Kier molecular flexibility index (Phi) is 9.47. The van der Waals surface area contributed by atoms with Crippen LogP contribution in [0.4, 0.5) is 0 Å². The number of halogens is 3. The predicted molar refractivity (Wildman–Crippen MR) is 198 cm³/mol. The van der Waals surface area contributed by atoms with Gasteiger partial charge in [-0.2, -0.15) is 10.5 Å². The molecule has 0 saturated heterocycles. The highest BCUT2D eigenvalue weighted by atomic mass is 127. The summed E-state index contributed by atoms with van der Waals surface area (Å²) in [5, 5.41) is 29.0. The van der Waals surface area contributed by atoms with Gasteiger partial charge in [0.05, 0.1) is 34.2 Å². The van der Waals surface area contributed by atoms with Gasteiger partial charge in [-0.1, -0.05) is 23.2 Å². The molecule has 0 unspecified atom stereocenters. The smallest absolute Gasteiger partial charge is 0.223 e. The first-order valence-electron chi connectivity index (χ1n) is 14.5. The average molecular weight is 775 g/mol. The van der Waals surface area contributed by atoms with Crippen molar-refractivity contribution in [1.29, 1.82) is 10.5 Å². The van der Waals surface area contributed by atoms with E-state index in [-0.39, 0.29) is 32.8 Å². The summed E-state index contributed by atoms with van der Waals surface area (Å²) in [6.45, 7) is 16.1. The monoisotopic (exact) mass is 774 g/mol. The normalized spacial score (nSPS) is 21.5. The molecule has 0 aliphatic carbocycles. The molecule has 0 amide bonds. The molecule has 11 heteroatoms. The second-order valence-corrected chi connectivity index (χ2v) is 13.1. The van der Waals surface area contributed by atoms with Crippen molar-refractivity contribution in [2.75, 3.05) is 0 Å². The minimum atomic E-state index is -0.577. The van der Waals surface area contributed by atoms with Crippen LogP contribution in [0.3, 0.4) is 0 Å². The third-order valence-corrected chi connectivity index (χ3v) is 10.7. The maximum Gasteiger partial charge on any atom is 0.223 e. The first-order valence-corrected chi connectivity index (χ1v) is 16.3. The fourth-order valence-electron chi connectivity index (χ4n) is 5.08. The van der Waals surface area contributed by atoms with Crippen molar-refractivity contribution in [3.05, 3.63) is 113 Å². The fraction of sp³-hybridized carbons (Fsp3) is 0.222. The maximum absolute atomic E-state index is 10.2. The van der Waals surface area contributed by atoms with Crippen LogP contribution in [0.5, 0.6) is 11.5 Å². The minimum absolute atomic E-state index is 0.148. The standard InChI is InChI=1S/C36H29Cl2IN6O2/c1-15-17(3)27(11-29-19(5)21(7)35(39)44-29)42-25(15)9-10-26-16(2)18(4)28(43-26)12-30-20(6)22(8)36(45-30)47-34-24(14-41)23(13-40)33(46)31(37)32(34)38/h9-12,46H,1-8H3/b25-9+,26-10+,29-11-,30-12-. The summed E-state index contributed by atoms with van der Waals surface area (Å²) in [6.07, 6.45) is 7.91. The number of aromatic hydroxyl groups is 1. The van der Waals surface area contributed by atoms with E-state index in [4.69, 9.17) is 42.9 Å². The Morgan fingerprint density at radius 2 is 1.09 bits per heavy atom. The van der Waals surface area contributed by atoms with Gasteiger partial charge in [0.2, 0.25) is 5.90 Å². The second-order valence-electron chi connectivity index (χ2n) is 11.4. The molecule has 0 radical (unpaired) electrons. The lowest BCUT2D eigenvalue weighted by Crippen LogP contribution is -2.10. The van der Waals surface area contributed by atoms with Gasteiger partial charge >= 0.3 is 0 Å². The van der Waals surface area contributed by atoms with Crippen molar-refractivity contribution >= 4 is 66.8 Å². The van der Waals surface area contributed by atoms with Crippen molar-refractivity contribution in [2.24, 2.45) is 20.0 Å². The molecule has 0 aromatic heterocycles. The quantitative estimate of drug-likeness (QED) is 0.306. The maximum atomic E-state index is 10.2. The van der Waals surface area contributed by atoms with E-state index in [9.17, 15) is 15.6 Å². The molecule has 1 N–H and O–H groups in total. The molecular formula is C36H29Cl2IN6O2. The van der Waals surface area contributed by atoms with E-state index in [2.05, 4.69) is 61.4 Å². The Hall–Kier alpha value is -4.29. The van der Waals surface area contributed by atoms with E-state index in [1.807, 2.05) is 52.0 Å². The lowest BCUT2D eigenvalue weighted by atomic mass is 10.0. The molecule has 4 aliphatic heterocycles. The van der Waals surface area contributed by atoms with E-state index in [0.29, 0.717) is 11.3 Å². The number of nitrogens with zero attached hydrogens (tertiary/aromatic N) is 6. The lowest BCUT2D eigenvalue weighted by Gasteiger charge is -2.13. The Morgan fingerprint density at radius 1 is 0.617 bits per heavy atom. The Labute approximate surface area is 297 Å². The molecule has 236 valence electrons. The molecule has 0 spiro atoms. The molecule has 47 heavy (non-hydrogen) atoms. The molecule has 8 nitrogen and oxygen atoms in total. The summed E-state index contributed by atoms with van der Waals surface area (Å²) >= 11 is 14.7. The van der Waals surface area contributed by atoms with Crippen LogP contribution in [0.1, 0.15) is 66.5 Å². The van der Waals surface area contributed by atoms with Crippen molar-refractivity contribution in [3.8, 4) is 23.6 Å². The molecule has 4 aliphatic rings. The number of allylic oxidation sites excluding steroid dienone is 11. The fourth-order valence-corrected chi connectivity index (χ4v) is 6.15. The Morgan fingerprint density at radius 3 is 1.55 bits per heavy atom. The Balaban J connectivity index is 1.46. The zero-order valence-electron chi connectivity index (χ0n) is 27.0. The van der Waals surface area contributed by atoms with Gasteiger partial charge in [0, 0.05) is 5.57 Å². The summed E-state index contributed by atoms with van der Waals surface area (Å²) in [5.74, 6) is -0.534. The van der Waals surface area contributed by atoms with Crippen LogP contribution in [0.15, 0.2) is 112 Å². The third kappa shape index (κ3) is 6.00. The third-order valence-electron chi connectivity index (χ3n) is 8.79. The number of rotatable bonds is 4. The summed E-state index contributed by atoms with van der Waals surface area (Å²) in [6, 6.07) is 3.66. The molecule has 0 bridgehead atoms. The zero-order chi connectivity index (χ0) is 34.5. The molecule has 0 saturated carbocycles. The van der Waals surface area contributed by atoms with Gasteiger partial charge in [0.1, 0.15) is 37.0 Å². The average Bonchev–Trinajstić information content (AvgIpc) is 3.67. The van der Waals surface area contributed by atoms with Crippen LogP contribution in [0, 0.1) is 22.7 Å². The summed E-state index contributed by atoms with van der Waals surface area (Å²) in [7, 11) is 0. The predicted octanol–water partition coefficient (Wildman–Crippen LogP) is 9.87.